The summed E-state index contributed by atoms with van der Waals surface area (Å²) in [6.07, 6.45) is 1.53. The zero-order chi connectivity index (χ0) is 54.8. The number of aliphatic hydroxyl groups is 1. The van der Waals surface area contributed by atoms with Crippen molar-refractivity contribution in [1.29, 1.82) is 0 Å². The monoisotopic (exact) mass is 1060 g/mol. The van der Waals surface area contributed by atoms with Gasteiger partial charge in [-0.15, -0.1) is 0 Å². The number of amides is 6. The predicted octanol–water partition coefficient (Wildman–Crippen LogP) is 3.39. The molecule has 0 spiro atoms. The molecule has 2 aliphatic heterocycles. The summed E-state index contributed by atoms with van der Waals surface area (Å²) < 4.78 is 27.6. The summed E-state index contributed by atoms with van der Waals surface area (Å²) >= 11 is 0. The summed E-state index contributed by atoms with van der Waals surface area (Å²) in [4.78, 5) is 110. The van der Waals surface area contributed by atoms with Gasteiger partial charge in [-0.3, -0.25) is 33.6 Å². The number of hydrogen-bond donors (Lipinski definition) is 7. The number of hydrogen-bond acceptors (Lipinski definition) is 12. The molecule has 20 heteroatoms. The van der Waals surface area contributed by atoms with E-state index in [1.54, 1.807) is 50.2 Å². The first-order chi connectivity index (χ1) is 37.6. The van der Waals surface area contributed by atoms with E-state index in [0.29, 0.717) is 63.8 Å². The van der Waals surface area contributed by atoms with E-state index < -0.39 is 91.0 Å². The van der Waals surface area contributed by atoms with Gasteiger partial charge in [-0.05, 0) is 83.2 Å². The molecule has 10 rings (SSSR count). The molecule has 4 heterocycles. The van der Waals surface area contributed by atoms with Gasteiger partial charge in [-0.1, -0.05) is 85.8 Å². The van der Waals surface area contributed by atoms with Crippen LogP contribution in [0.15, 0.2) is 95.8 Å². The molecule has 78 heavy (non-hydrogen) atoms. The third-order valence-electron chi connectivity index (χ3n) is 15.2. The number of carbonyl (C=O) groups is 7. The average molecular weight is 1060 g/mol. The Morgan fingerprint density at radius 1 is 0.821 bits per heavy atom. The largest absolute Gasteiger partial charge is 0.458 e. The fraction of sp³-hybridized carbons (Fsp3) is 0.328. The minimum Gasteiger partial charge on any atom is -0.458 e. The van der Waals surface area contributed by atoms with Gasteiger partial charge in [0.1, 0.15) is 31.8 Å². The Bertz CT molecular complexity index is 3470. The number of fused-ring (bicyclic) bond motifs is 8. The Balaban J connectivity index is 0.700. The molecule has 6 aromatic rings. The maximum atomic E-state index is 15.4. The highest BCUT2D eigenvalue weighted by atomic mass is 19.1. The van der Waals surface area contributed by atoms with Crippen LogP contribution < -0.4 is 37.5 Å². The van der Waals surface area contributed by atoms with Crippen molar-refractivity contribution >= 4 is 52.3 Å². The molecule has 2 aromatic heterocycles. The molecule has 402 valence electrons. The minimum atomic E-state index is -2.05. The highest BCUT2D eigenvalue weighted by Crippen LogP contribution is 2.48. The van der Waals surface area contributed by atoms with Crippen molar-refractivity contribution in [3.8, 4) is 22.5 Å². The summed E-state index contributed by atoms with van der Waals surface area (Å²) in [5, 5.41) is 27.8. The van der Waals surface area contributed by atoms with Gasteiger partial charge in [-0.25, -0.2) is 14.2 Å². The smallest absolute Gasteiger partial charge is 0.343 e. The number of nitrogens with one attached hydrogen (secondary N) is 6. The lowest BCUT2D eigenvalue weighted by atomic mass is 9.81. The minimum absolute atomic E-state index is 0.0443. The van der Waals surface area contributed by atoms with E-state index in [0.717, 1.165) is 27.8 Å². The molecule has 7 N–H and O–H groups in total. The van der Waals surface area contributed by atoms with Gasteiger partial charge in [0.05, 0.1) is 54.7 Å². The molecule has 0 radical (unpaired) electrons. The molecular weight excluding hydrogens is 1000 g/mol. The van der Waals surface area contributed by atoms with Gasteiger partial charge in [-0.2, -0.15) is 0 Å². The molecule has 4 aliphatic rings. The van der Waals surface area contributed by atoms with E-state index in [-0.39, 0.29) is 61.9 Å². The van der Waals surface area contributed by atoms with Crippen LogP contribution in [0.4, 0.5) is 4.39 Å². The van der Waals surface area contributed by atoms with E-state index in [4.69, 9.17) is 14.5 Å². The van der Waals surface area contributed by atoms with Crippen LogP contribution in [0.25, 0.3) is 33.4 Å². The number of aryl methyl sites for hydroxylation is 1. The zero-order valence-electron chi connectivity index (χ0n) is 42.9. The van der Waals surface area contributed by atoms with Gasteiger partial charge in [0.2, 0.25) is 35.4 Å². The van der Waals surface area contributed by atoms with Crippen molar-refractivity contribution in [2.45, 2.75) is 89.1 Å². The van der Waals surface area contributed by atoms with E-state index in [2.05, 4.69) is 56.2 Å². The van der Waals surface area contributed by atoms with Crippen molar-refractivity contribution in [3.05, 3.63) is 157 Å². The van der Waals surface area contributed by atoms with E-state index in [9.17, 15) is 43.5 Å². The van der Waals surface area contributed by atoms with Crippen LogP contribution >= 0.6 is 0 Å². The summed E-state index contributed by atoms with van der Waals surface area (Å²) in [6.45, 7) is 0.795. The Morgan fingerprint density at radius 3 is 2.22 bits per heavy atom. The van der Waals surface area contributed by atoms with Gasteiger partial charge in [0.25, 0.3) is 5.56 Å². The number of aromatic nitrogens is 2. The van der Waals surface area contributed by atoms with E-state index in [1.165, 1.54) is 10.6 Å². The lowest BCUT2D eigenvalue weighted by Crippen LogP contribution is -2.52. The Kier molecular flexibility index (Phi) is 15.0. The molecule has 0 bridgehead atoms. The first-order valence-electron chi connectivity index (χ1n) is 25.9. The third-order valence-corrected chi connectivity index (χ3v) is 15.2. The summed E-state index contributed by atoms with van der Waals surface area (Å²) in [7, 11) is 0. The molecule has 3 atom stereocenters. The van der Waals surface area contributed by atoms with Crippen LogP contribution in [0.1, 0.15) is 94.6 Å². The maximum absolute atomic E-state index is 15.4. The fourth-order valence-corrected chi connectivity index (χ4v) is 11.2. The molecule has 2 aliphatic carbocycles. The number of benzene rings is 4. The molecular formula is C58H57FN8O11. The van der Waals surface area contributed by atoms with Crippen molar-refractivity contribution in [3.63, 3.8) is 0 Å². The van der Waals surface area contributed by atoms with E-state index in [1.807, 2.05) is 24.3 Å². The number of nitrogens with zero attached hydrogens (tertiary/aromatic N) is 2. The van der Waals surface area contributed by atoms with Crippen LogP contribution in [0.3, 0.4) is 0 Å². The zero-order valence-corrected chi connectivity index (χ0v) is 42.9. The van der Waals surface area contributed by atoms with Crippen LogP contribution in [0.2, 0.25) is 0 Å². The Morgan fingerprint density at radius 2 is 1.49 bits per heavy atom. The van der Waals surface area contributed by atoms with Crippen LogP contribution in [-0.4, -0.2) is 95.1 Å². The normalized spacial score (nSPS) is 16.8. The van der Waals surface area contributed by atoms with Crippen molar-refractivity contribution in [2.24, 2.45) is 0 Å². The first kappa shape index (κ1) is 52.8. The quantitative estimate of drug-likeness (QED) is 0.0349. The standard InChI is InChI=1S/C58H57FN8O11/c1-3-58(76)41-22-46-54-39(27-67(46)56(74)40(41)28-78-57(58)75)53-43(19-17-33-31(2)42(59)23-44(66-54)52(33)53)64-51(72)29-77-30-63-49(70)25-62-55(73)45(21-32-11-5-4-6-12-32)65-50(71)26-61-48(69)24-60-47(68)20-18-38-36-15-9-7-13-34(36)35-14-8-10-16-37(35)38/h4-16,22-23,38,43,45,76H,3,17-21,24-30H2,1-2H3,(H,60,68)(H,61,69)(H,62,73)(H,63,70)(H,64,72)(H,65,71)/t43-,45-,58-/m0/s1. The van der Waals surface area contributed by atoms with Gasteiger partial charge < -0.3 is 51.0 Å². The second-order valence-corrected chi connectivity index (χ2v) is 19.9. The maximum Gasteiger partial charge on any atom is 0.343 e. The summed E-state index contributed by atoms with van der Waals surface area (Å²) in [5.74, 6) is -4.75. The Labute approximate surface area is 446 Å². The van der Waals surface area contributed by atoms with Crippen molar-refractivity contribution < 1.29 is 52.5 Å². The topological polar surface area (TPSA) is 265 Å². The van der Waals surface area contributed by atoms with Crippen LogP contribution in [0, 0.1) is 12.7 Å². The number of carbonyl (C=O) groups excluding carboxylic acids is 7. The van der Waals surface area contributed by atoms with Gasteiger partial charge >= 0.3 is 5.97 Å². The van der Waals surface area contributed by atoms with Crippen LogP contribution in [-0.2, 0) is 74.6 Å². The van der Waals surface area contributed by atoms with Crippen molar-refractivity contribution in [2.75, 3.05) is 33.0 Å². The molecule has 0 fully saturated rings. The first-order valence-corrected chi connectivity index (χ1v) is 25.9. The van der Waals surface area contributed by atoms with Gasteiger partial charge in [0, 0.05) is 41.3 Å². The fourth-order valence-electron chi connectivity index (χ4n) is 11.2. The number of esters is 1. The molecule has 4 aromatic carbocycles. The SMILES string of the molecule is CC[C@@]1(O)C(=O)OCc2c1cc1n(c2=O)Cc2c-1nc1cc(F)c(C)c3c1c2[C@@H](NC(=O)COCNC(=O)CNC(=O)[C@H](Cc1ccccc1)NC(=O)CNC(=O)CNC(=O)CCC1c2ccccc2-c2ccccc21)CC3. The van der Waals surface area contributed by atoms with E-state index >= 15 is 4.39 Å². The number of halogens is 1. The summed E-state index contributed by atoms with van der Waals surface area (Å²) in [6, 6.07) is 26.2. The highest BCUT2D eigenvalue weighted by Gasteiger charge is 2.46. The summed E-state index contributed by atoms with van der Waals surface area (Å²) in [5.41, 5.74) is 6.56. The third kappa shape index (κ3) is 10.3. The number of cyclic esters (lactones) is 1. The number of ether oxygens (including phenoxy) is 2. The molecule has 0 unspecified atom stereocenters. The van der Waals surface area contributed by atoms with Crippen molar-refractivity contribution in [1.82, 2.24) is 41.5 Å². The Hall–Kier alpha value is -8.62. The molecule has 0 saturated carbocycles. The van der Waals surface area contributed by atoms with Crippen LogP contribution in [0.5, 0.6) is 0 Å². The molecule has 19 nitrogen and oxygen atoms in total. The molecule has 0 saturated heterocycles. The predicted molar refractivity (Wildman–Crippen MR) is 281 cm³/mol. The second-order valence-electron chi connectivity index (χ2n) is 19.9. The average Bonchev–Trinajstić information content (AvgIpc) is 3.92. The lowest BCUT2D eigenvalue weighted by molar-refractivity contribution is -0.172. The lowest BCUT2D eigenvalue weighted by Gasteiger charge is -2.31. The second kappa shape index (κ2) is 22.2. The number of pyridine rings is 2. The number of rotatable bonds is 19. The van der Waals surface area contributed by atoms with Gasteiger partial charge in [0.15, 0.2) is 5.60 Å². The molecule has 6 amide bonds. The highest BCUT2D eigenvalue weighted by molar-refractivity contribution is 5.95.